The predicted molar refractivity (Wildman–Crippen MR) is 83.5 cm³/mol. The van der Waals surface area contributed by atoms with Crippen molar-refractivity contribution in [2.24, 2.45) is 11.8 Å². The molecule has 2 nitrogen and oxygen atoms in total. The molecule has 0 aliphatic heterocycles. The number of nitrogens with one attached hydrogen (secondary N) is 1. The first-order chi connectivity index (χ1) is 9.04. The largest absolute Gasteiger partial charge is 0.374 e. The molecule has 114 valence electrons. The summed E-state index contributed by atoms with van der Waals surface area (Å²) in [6.45, 7) is 13.3. The van der Waals surface area contributed by atoms with Crippen LogP contribution < -0.4 is 5.32 Å². The molecule has 1 unspecified atom stereocenters. The van der Waals surface area contributed by atoms with Crippen molar-refractivity contribution in [1.82, 2.24) is 5.32 Å². The number of hydrogen-bond acceptors (Lipinski definition) is 2. The Morgan fingerprint density at radius 3 is 2.26 bits per heavy atom. The van der Waals surface area contributed by atoms with Crippen molar-refractivity contribution in [1.29, 1.82) is 0 Å². The van der Waals surface area contributed by atoms with E-state index in [-0.39, 0.29) is 5.60 Å². The summed E-state index contributed by atoms with van der Waals surface area (Å²) in [6, 6.07) is 0.535. The Kier molecular flexibility index (Phi) is 7.38. The highest BCUT2D eigenvalue weighted by Gasteiger charge is 2.41. The van der Waals surface area contributed by atoms with Gasteiger partial charge in [0, 0.05) is 12.6 Å². The van der Waals surface area contributed by atoms with E-state index in [1.165, 1.54) is 38.5 Å². The van der Waals surface area contributed by atoms with Crippen molar-refractivity contribution < 1.29 is 4.74 Å². The van der Waals surface area contributed by atoms with Gasteiger partial charge < -0.3 is 10.1 Å². The molecule has 0 spiro atoms. The maximum absolute atomic E-state index is 6.30. The van der Waals surface area contributed by atoms with Crippen LogP contribution in [0.1, 0.15) is 73.1 Å². The summed E-state index contributed by atoms with van der Waals surface area (Å²) in [5, 5.41) is 3.72. The Hall–Kier alpha value is -0.0800. The van der Waals surface area contributed by atoms with E-state index in [2.05, 4.69) is 39.9 Å². The fourth-order valence-corrected chi connectivity index (χ4v) is 3.43. The fourth-order valence-electron chi connectivity index (χ4n) is 3.43. The van der Waals surface area contributed by atoms with Gasteiger partial charge in [0.2, 0.25) is 0 Å². The molecule has 0 aromatic carbocycles. The summed E-state index contributed by atoms with van der Waals surface area (Å²) in [4.78, 5) is 0. The van der Waals surface area contributed by atoms with Crippen LogP contribution in [0.15, 0.2) is 0 Å². The summed E-state index contributed by atoms with van der Waals surface area (Å²) >= 11 is 0. The Morgan fingerprint density at radius 1 is 1.16 bits per heavy atom. The Morgan fingerprint density at radius 2 is 1.79 bits per heavy atom. The van der Waals surface area contributed by atoms with Crippen LogP contribution in [-0.2, 0) is 4.74 Å². The molecule has 1 atom stereocenters. The van der Waals surface area contributed by atoms with Crippen LogP contribution in [0, 0.1) is 11.8 Å². The highest BCUT2D eigenvalue weighted by molar-refractivity contribution is 4.96. The molecule has 1 aliphatic carbocycles. The molecule has 0 amide bonds. The third-order valence-corrected chi connectivity index (χ3v) is 4.67. The van der Waals surface area contributed by atoms with Crippen molar-refractivity contribution >= 4 is 0 Å². The molecule has 1 fully saturated rings. The summed E-state index contributed by atoms with van der Waals surface area (Å²) < 4.78 is 6.30. The van der Waals surface area contributed by atoms with Crippen molar-refractivity contribution in [2.45, 2.75) is 84.8 Å². The van der Waals surface area contributed by atoms with E-state index in [1.54, 1.807) is 0 Å². The SMILES string of the molecule is CCNC(CCC(C)C)C1(OCC)CCC(C)CC1. The lowest BCUT2D eigenvalue weighted by Crippen LogP contribution is -2.54. The highest BCUT2D eigenvalue weighted by Crippen LogP contribution is 2.38. The standard InChI is InChI=1S/C17H35NO/c1-6-18-16(9-8-14(3)4)17(19-7-2)12-10-15(5)11-13-17/h14-16,18H,6-13H2,1-5H3. The molecule has 1 saturated carbocycles. The average Bonchev–Trinajstić information content (AvgIpc) is 2.37. The van der Waals surface area contributed by atoms with Crippen molar-refractivity contribution in [3.05, 3.63) is 0 Å². The predicted octanol–water partition coefficient (Wildman–Crippen LogP) is 4.39. The quantitative estimate of drug-likeness (QED) is 0.706. The second-order valence-corrected chi connectivity index (χ2v) is 6.76. The van der Waals surface area contributed by atoms with E-state index < -0.39 is 0 Å². The van der Waals surface area contributed by atoms with Gasteiger partial charge >= 0.3 is 0 Å². The fraction of sp³-hybridized carbons (Fsp3) is 1.00. The maximum Gasteiger partial charge on any atom is 0.0834 e. The molecular formula is C17H35NO. The summed E-state index contributed by atoms with van der Waals surface area (Å²) in [5.74, 6) is 1.66. The number of ether oxygens (including phenoxy) is 1. The molecule has 0 saturated heterocycles. The molecule has 0 radical (unpaired) electrons. The molecule has 0 aromatic heterocycles. The minimum absolute atomic E-state index is 0.103. The minimum atomic E-state index is 0.103. The van der Waals surface area contributed by atoms with E-state index in [0.29, 0.717) is 6.04 Å². The van der Waals surface area contributed by atoms with Gasteiger partial charge in [0.15, 0.2) is 0 Å². The molecule has 0 heterocycles. The van der Waals surface area contributed by atoms with E-state index in [4.69, 9.17) is 4.74 Å². The summed E-state index contributed by atoms with van der Waals surface area (Å²) in [6.07, 6.45) is 7.66. The van der Waals surface area contributed by atoms with E-state index in [0.717, 1.165) is 25.0 Å². The smallest absolute Gasteiger partial charge is 0.0834 e. The molecule has 1 N–H and O–H groups in total. The van der Waals surface area contributed by atoms with Gasteiger partial charge in [0.25, 0.3) is 0 Å². The monoisotopic (exact) mass is 269 g/mol. The Balaban J connectivity index is 2.72. The van der Waals surface area contributed by atoms with Crippen LogP contribution in [0.5, 0.6) is 0 Å². The van der Waals surface area contributed by atoms with Crippen LogP contribution >= 0.6 is 0 Å². The van der Waals surface area contributed by atoms with Crippen molar-refractivity contribution in [3.63, 3.8) is 0 Å². The highest BCUT2D eigenvalue weighted by atomic mass is 16.5. The number of likely N-dealkylation sites (N-methyl/N-ethyl adjacent to an activating group) is 1. The third-order valence-electron chi connectivity index (χ3n) is 4.67. The number of hydrogen-bond donors (Lipinski definition) is 1. The molecule has 0 aromatic rings. The van der Waals surface area contributed by atoms with E-state index in [9.17, 15) is 0 Å². The second-order valence-electron chi connectivity index (χ2n) is 6.76. The molecule has 0 bridgehead atoms. The third kappa shape index (κ3) is 5.07. The Bertz CT molecular complexity index is 231. The van der Waals surface area contributed by atoms with E-state index >= 15 is 0 Å². The summed E-state index contributed by atoms with van der Waals surface area (Å²) in [7, 11) is 0. The lowest BCUT2D eigenvalue weighted by Gasteiger charge is -2.45. The Labute approximate surface area is 120 Å². The molecule has 19 heavy (non-hydrogen) atoms. The van der Waals surface area contributed by atoms with Gasteiger partial charge in [-0.2, -0.15) is 0 Å². The molecule has 1 aliphatic rings. The second kappa shape index (κ2) is 8.26. The van der Waals surface area contributed by atoms with Crippen LogP contribution in [-0.4, -0.2) is 24.8 Å². The number of rotatable bonds is 8. The first-order valence-electron chi connectivity index (χ1n) is 8.41. The molecule has 1 rings (SSSR count). The van der Waals surface area contributed by atoms with Crippen LogP contribution in [0.25, 0.3) is 0 Å². The zero-order valence-corrected chi connectivity index (χ0v) is 13.8. The lowest BCUT2D eigenvalue weighted by atomic mass is 9.73. The van der Waals surface area contributed by atoms with Gasteiger partial charge in [-0.05, 0) is 63.8 Å². The van der Waals surface area contributed by atoms with Crippen molar-refractivity contribution in [3.8, 4) is 0 Å². The zero-order chi connectivity index (χ0) is 14.3. The average molecular weight is 269 g/mol. The van der Waals surface area contributed by atoms with Crippen LogP contribution in [0.2, 0.25) is 0 Å². The van der Waals surface area contributed by atoms with Crippen LogP contribution in [0.4, 0.5) is 0 Å². The first-order valence-corrected chi connectivity index (χ1v) is 8.41. The molecule has 2 heteroatoms. The lowest BCUT2D eigenvalue weighted by molar-refractivity contribution is -0.0981. The van der Waals surface area contributed by atoms with Gasteiger partial charge in [0.1, 0.15) is 0 Å². The maximum atomic E-state index is 6.30. The first kappa shape index (κ1) is 17.0. The van der Waals surface area contributed by atoms with Gasteiger partial charge in [-0.15, -0.1) is 0 Å². The van der Waals surface area contributed by atoms with Gasteiger partial charge in [-0.25, -0.2) is 0 Å². The van der Waals surface area contributed by atoms with Gasteiger partial charge in [-0.1, -0.05) is 27.7 Å². The van der Waals surface area contributed by atoms with E-state index in [1.807, 2.05) is 0 Å². The molecular weight excluding hydrogens is 234 g/mol. The normalized spacial score (nSPS) is 29.7. The van der Waals surface area contributed by atoms with Gasteiger partial charge in [-0.3, -0.25) is 0 Å². The topological polar surface area (TPSA) is 21.3 Å². The van der Waals surface area contributed by atoms with Crippen molar-refractivity contribution in [2.75, 3.05) is 13.2 Å². The van der Waals surface area contributed by atoms with Crippen LogP contribution in [0.3, 0.4) is 0 Å². The minimum Gasteiger partial charge on any atom is -0.374 e. The summed E-state index contributed by atoms with van der Waals surface area (Å²) in [5.41, 5.74) is 0.103. The van der Waals surface area contributed by atoms with Gasteiger partial charge in [0.05, 0.1) is 5.60 Å². The zero-order valence-electron chi connectivity index (χ0n) is 13.8.